The fourth-order valence-corrected chi connectivity index (χ4v) is 0.981. The van der Waals surface area contributed by atoms with Gasteiger partial charge in [0.05, 0.1) is 0 Å². The van der Waals surface area contributed by atoms with Crippen molar-refractivity contribution in [2.45, 2.75) is 42.7 Å². The van der Waals surface area contributed by atoms with Crippen molar-refractivity contribution in [3.8, 4) is 0 Å². The van der Waals surface area contributed by atoms with E-state index in [0.29, 0.717) is 0 Å². The Kier molecular flexibility index (Phi) is 6.14. The molecule has 0 aliphatic rings. The number of rotatable bonds is 7. The summed E-state index contributed by atoms with van der Waals surface area (Å²) in [6, 6.07) is 0. The zero-order chi connectivity index (χ0) is 21.6. The van der Waals surface area contributed by atoms with Gasteiger partial charge in [0.2, 0.25) is 0 Å². The van der Waals surface area contributed by atoms with Gasteiger partial charge in [-0.05, 0) is 0 Å². The molecule has 0 aromatic heterocycles. The van der Waals surface area contributed by atoms with Crippen LogP contribution in [0.5, 0.6) is 0 Å². The Morgan fingerprint density at radius 1 is 0.769 bits per heavy atom. The molecule has 0 aliphatic carbocycles. The van der Waals surface area contributed by atoms with E-state index in [1.165, 1.54) is 4.74 Å². The van der Waals surface area contributed by atoms with E-state index in [1.807, 2.05) is 0 Å². The van der Waals surface area contributed by atoms with Gasteiger partial charge in [-0.2, -0.15) is 57.1 Å². The molecule has 0 aromatic rings. The quantitative estimate of drug-likeness (QED) is 0.623. The van der Waals surface area contributed by atoms with E-state index in [0.717, 1.165) is 0 Å². The zero-order valence-electron chi connectivity index (χ0n) is 11.0. The molecule has 0 saturated heterocycles. The predicted octanol–water partition coefficient (Wildman–Crippen LogP) is 4.01. The lowest BCUT2D eigenvalue weighted by Crippen LogP contribution is -2.64. The summed E-state index contributed by atoms with van der Waals surface area (Å²) >= 11 is 0. The standard InChI is InChI=1S/C8H2F14O4/c9-1(3(10,11)12)4(13,14)26-8(21,22)6(17,7(18,19)20)25-5(15,16)2(23)24/h1H,(H,23,24). The van der Waals surface area contributed by atoms with Crippen LogP contribution >= 0.6 is 0 Å². The first-order valence-corrected chi connectivity index (χ1v) is 5.25. The monoisotopic (exact) mass is 428 g/mol. The molecule has 1 N–H and O–H groups in total. The molecule has 0 aliphatic heterocycles. The van der Waals surface area contributed by atoms with Crippen LogP contribution in [0.15, 0.2) is 0 Å². The highest BCUT2D eigenvalue weighted by atomic mass is 19.4. The van der Waals surface area contributed by atoms with Gasteiger partial charge in [-0.1, -0.05) is 0 Å². The van der Waals surface area contributed by atoms with Gasteiger partial charge in [0.25, 0.3) is 6.17 Å². The van der Waals surface area contributed by atoms with Crippen molar-refractivity contribution >= 4 is 5.97 Å². The molecular formula is C8H2F14O4. The summed E-state index contributed by atoms with van der Waals surface area (Å²) in [5.41, 5.74) is 0. The Bertz CT molecular complexity index is 524. The van der Waals surface area contributed by atoms with Crippen molar-refractivity contribution in [3.63, 3.8) is 0 Å². The molecular weight excluding hydrogens is 426 g/mol. The number of halogens is 14. The van der Waals surface area contributed by atoms with E-state index in [-0.39, 0.29) is 0 Å². The number of carboxylic acid groups (broad SMARTS) is 1. The van der Waals surface area contributed by atoms with E-state index in [9.17, 15) is 66.3 Å². The van der Waals surface area contributed by atoms with Crippen LogP contribution in [-0.2, 0) is 14.3 Å². The smallest absolute Gasteiger partial charge is 0.459 e. The fraction of sp³-hybridized carbons (Fsp3) is 0.875. The number of ether oxygens (including phenoxy) is 2. The Morgan fingerprint density at radius 3 is 1.42 bits per heavy atom. The Hall–Kier alpha value is -1.59. The van der Waals surface area contributed by atoms with E-state index in [2.05, 4.69) is 0 Å². The molecule has 0 bridgehead atoms. The summed E-state index contributed by atoms with van der Waals surface area (Å²) in [5, 5.41) is 7.71. The van der Waals surface area contributed by atoms with Crippen LogP contribution in [0, 0.1) is 0 Å². The molecule has 0 radical (unpaired) electrons. The van der Waals surface area contributed by atoms with Crippen LogP contribution in [0.4, 0.5) is 61.5 Å². The average Bonchev–Trinajstić information content (AvgIpc) is 2.32. The minimum absolute atomic E-state index is 1.52. The van der Waals surface area contributed by atoms with Crippen LogP contribution in [0.3, 0.4) is 0 Å². The topological polar surface area (TPSA) is 55.8 Å². The summed E-state index contributed by atoms with van der Waals surface area (Å²) in [6.07, 6.45) is -40.8. The van der Waals surface area contributed by atoms with E-state index >= 15 is 0 Å². The van der Waals surface area contributed by atoms with Crippen molar-refractivity contribution in [1.29, 1.82) is 0 Å². The average molecular weight is 428 g/mol. The number of alkyl halides is 14. The molecule has 2 atom stereocenters. The van der Waals surface area contributed by atoms with Crippen molar-refractivity contribution in [2.24, 2.45) is 0 Å². The second-order valence-corrected chi connectivity index (χ2v) is 4.10. The van der Waals surface area contributed by atoms with E-state index in [4.69, 9.17) is 5.11 Å². The van der Waals surface area contributed by atoms with Crippen molar-refractivity contribution in [2.75, 3.05) is 0 Å². The van der Waals surface area contributed by atoms with Crippen molar-refractivity contribution in [1.82, 2.24) is 0 Å². The highest BCUT2D eigenvalue weighted by molar-refractivity contribution is 5.73. The summed E-state index contributed by atoms with van der Waals surface area (Å²) in [5.74, 6) is -11.3. The van der Waals surface area contributed by atoms with Crippen LogP contribution < -0.4 is 0 Å². The molecule has 18 heteroatoms. The lowest BCUT2D eigenvalue weighted by Gasteiger charge is -2.36. The van der Waals surface area contributed by atoms with Crippen molar-refractivity contribution in [3.05, 3.63) is 0 Å². The second-order valence-electron chi connectivity index (χ2n) is 4.10. The highest BCUT2D eigenvalue weighted by Crippen LogP contribution is 2.52. The van der Waals surface area contributed by atoms with Gasteiger partial charge in [-0.15, -0.1) is 0 Å². The maximum absolute atomic E-state index is 13.3. The van der Waals surface area contributed by atoms with Gasteiger partial charge in [-0.25, -0.2) is 13.9 Å². The highest BCUT2D eigenvalue weighted by Gasteiger charge is 2.80. The maximum atomic E-state index is 13.3. The lowest BCUT2D eigenvalue weighted by atomic mass is 10.2. The number of carboxylic acids is 1. The molecule has 0 aromatic carbocycles. The van der Waals surface area contributed by atoms with Gasteiger partial charge in [-0.3, -0.25) is 4.74 Å². The fourth-order valence-electron chi connectivity index (χ4n) is 0.981. The summed E-state index contributed by atoms with van der Waals surface area (Å²) in [6.45, 7) is 0. The Labute approximate surface area is 131 Å². The number of hydrogen-bond donors (Lipinski definition) is 1. The van der Waals surface area contributed by atoms with Gasteiger partial charge in [0.1, 0.15) is 0 Å². The van der Waals surface area contributed by atoms with Crippen LogP contribution in [-0.4, -0.2) is 53.8 Å². The number of aliphatic carboxylic acids is 1. The molecule has 4 nitrogen and oxygen atoms in total. The summed E-state index contributed by atoms with van der Waals surface area (Å²) in [4.78, 5) is 9.83. The normalized spacial score (nSPS) is 18.4. The summed E-state index contributed by atoms with van der Waals surface area (Å²) < 4.78 is 177. The lowest BCUT2D eigenvalue weighted by molar-refractivity contribution is -0.528. The van der Waals surface area contributed by atoms with Gasteiger partial charge < -0.3 is 5.11 Å². The molecule has 0 heterocycles. The second kappa shape index (κ2) is 6.54. The third-order valence-corrected chi connectivity index (χ3v) is 2.10. The number of carbonyl (C=O) groups is 1. The molecule has 156 valence electrons. The molecule has 0 spiro atoms. The molecule has 2 unspecified atom stereocenters. The van der Waals surface area contributed by atoms with Gasteiger partial charge >= 0.3 is 42.5 Å². The Balaban J connectivity index is 6.08. The van der Waals surface area contributed by atoms with Crippen LogP contribution in [0.25, 0.3) is 0 Å². The largest absolute Gasteiger partial charge is 0.475 e. The van der Waals surface area contributed by atoms with Crippen LogP contribution in [0.2, 0.25) is 0 Å². The molecule has 0 rings (SSSR count). The first-order valence-electron chi connectivity index (χ1n) is 5.25. The first kappa shape index (κ1) is 24.4. The van der Waals surface area contributed by atoms with E-state index < -0.39 is 48.7 Å². The molecule has 0 amide bonds. The summed E-state index contributed by atoms with van der Waals surface area (Å²) in [7, 11) is 0. The van der Waals surface area contributed by atoms with E-state index in [1.54, 1.807) is 4.74 Å². The minimum atomic E-state index is -7.48. The third kappa shape index (κ3) is 4.77. The SMILES string of the molecule is O=C(O)C(F)(F)OC(F)(C(F)(F)F)C(F)(F)OC(F)(F)C(F)C(F)(F)F. The number of hydrogen-bond acceptors (Lipinski definition) is 3. The van der Waals surface area contributed by atoms with Gasteiger partial charge in [0, 0.05) is 0 Å². The maximum Gasteiger partial charge on any atom is 0.459 e. The first-order chi connectivity index (χ1) is 11.0. The third-order valence-electron chi connectivity index (χ3n) is 2.10. The van der Waals surface area contributed by atoms with Gasteiger partial charge in [0.15, 0.2) is 0 Å². The molecule has 0 saturated carbocycles. The molecule has 26 heavy (non-hydrogen) atoms. The predicted molar refractivity (Wildman–Crippen MR) is 45.5 cm³/mol. The minimum Gasteiger partial charge on any atom is -0.475 e. The molecule has 0 fully saturated rings. The van der Waals surface area contributed by atoms with Crippen molar-refractivity contribution < 1.29 is 80.8 Å². The Morgan fingerprint density at radius 2 is 1.15 bits per heavy atom. The zero-order valence-corrected chi connectivity index (χ0v) is 11.0. The van der Waals surface area contributed by atoms with Crippen LogP contribution in [0.1, 0.15) is 0 Å².